The van der Waals surface area contributed by atoms with E-state index in [-0.39, 0.29) is 5.82 Å². The van der Waals surface area contributed by atoms with Gasteiger partial charge in [0.2, 0.25) is 5.95 Å². The van der Waals surface area contributed by atoms with Crippen LogP contribution in [0.4, 0.5) is 10.3 Å². The molecule has 1 aliphatic rings. The molecule has 19 heavy (non-hydrogen) atoms. The summed E-state index contributed by atoms with van der Waals surface area (Å²) in [5.41, 5.74) is 0.710. The fraction of sp³-hybridized carbons (Fsp3) is 0.385. The number of halogens is 1. The van der Waals surface area contributed by atoms with Crippen molar-refractivity contribution in [3.8, 4) is 11.4 Å². The van der Waals surface area contributed by atoms with Crippen LogP contribution >= 0.6 is 0 Å². The SMILES string of the molecule is C[C@@H]1CN(c2n[nH]c(-c3cccc(F)c3)n2)CCN1. The second-order valence-electron chi connectivity index (χ2n) is 4.80. The van der Waals surface area contributed by atoms with Crippen LogP contribution in [0.5, 0.6) is 0 Å². The molecule has 2 aromatic rings. The topological polar surface area (TPSA) is 56.8 Å². The van der Waals surface area contributed by atoms with Gasteiger partial charge in [-0.1, -0.05) is 12.1 Å². The van der Waals surface area contributed by atoms with Crippen LogP contribution in [0.1, 0.15) is 6.92 Å². The number of benzene rings is 1. The highest BCUT2D eigenvalue weighted by molar-refractivity contribution is 5.56. The summed E-state index contributed by atoms with van der Waals surface area (Å²) in [7, 11) is 0. The summed E-state index contributed by atoms with van der Waals surface area (Å²) in [5, 5.41) is 10.5. The molecule has 1 saturated heterocycles. The van der Waals surface area contributed by atoms with Crippen molar-refractivity contribution in [1.29, 1.82) is 0 Å². The Balaban J connectivity index is 1.83. The lowest BCUT2D eigenvalue weighted by molar-refractivity contribution is 0.480. The summed E-state index contributed by atoms with van der Waals surface area (Å²) in [6, 6.07) is 6.77. The first-order chi connectivity index (χ1) is 9.22. The summed E-state index contributed by atoms with van der Waals surface area (Å²) in [6.07, 6.45) is 0. The number of H-pyrrole nitrogens is 1. The zero-order valence-corrected chi connectivity index (χ0v) is 10.7. The molecule has 0 radical (unpaired) electrons. The number of aromatic amines is 1. The van der Waals surface area contributed by atoms with Crippen LogP contribution < -0.4 is 10.2 Å². The third-order valence-electron chi connectivity index (χ3n) is 3.22. The number of nitrogens with zero attached hydrogens (tertiary/aromatic N) is 3. The summed E-state index contributed by atoms with van der Waals surface area (Å²) >= 11 is 0. The van der Waals surface area contributed by atoms with Crippen LogP contribution in [0, 0.1) is 5.82 Å². The minimum atomic E-state index is -0.272. The Morgan fingerprint density at radius 3 is 3.11 bits per heavy atom. The van der Waals surface area contributed by atoms with Crippen LogP contribution in [0.25, 0.3) is 11.4 Å². The van der Waals surface area contributed by atoms with Crippen molar-refractivity contribution in [3.05, 3.63) is 30.1 Å². The maximum Gasteiger partial charge on any atom is 0.245 e. The first-order valence-electron chi connectivity index (χ1n) is 6.39. The van der Waals surface area contributed by atoms with E-state index >= 15 is 0 Å². The minimum Gasteiger partial charge on any atom is -0.337 e. The van der Waals surface area contributed by atoms with Gasteiger partial charge >= 0.3 is 0 Å². The molecular weight excluding hydrogens is 245 g/mol. The molecule has 1 aliphatic heterocycles. The van der Waals surface area contributed by atoms with E-state index in [9.17, 15) is 4.39 Å². The van der Waals surface area contributed by atoms with E-state index in [4.69, 9.17) is 0 Å². The van der Waals surface area contributed by atoms with Gasteiger partial charge in [0, 0.05) is 31.2 Å². The van der Waals surface area contributed by atoms with Crippen LogP contribution in [0.2, 0.25) is 0 Å². The number of rotatable bonds is 2. The summed E-state index contributed by atoms with van der Waals surface area (Å²) < 4.78 is 13.2. The Morgan fingerprint density at radius 2 is 2.32 bits per heavy atom. The smallest absolute Gasteiger partial charge is 0.245 e. The number of hydrogen-bond acceptors (Lipinski definition) is 4. The number of piperazine rings is 1. The molecule has 0 aliphatic carbocycles. The molecule has 1 aromatic heterocycles. The first kappa shape index (κ1) is 12.1. The van der Waals surface area contributed by atoms with Crippen molar-refractivity contribution in [2.75, 3.05) is 24.5 Å². The standard InChI is InChI=1S/C13H16FN5/c1-9-8-19(6-5-15-9)13-16-12(17-18-13)10-3-2-4-11(14)7-10/h2-4,7,9,15H,5-6,8H2,1H3,(H,16,17,18)/t9-/m1/s1. The highest BCUT2D eigenvalue weighted by Crippen LogP contribution is 2.19. The van der Waals surface area contributed by atoms with Gasteiger partial charge in [-0.2, -0.15) is 4.98 Å². The number of anilines is 1. The van der Waals surface area contributed by atoms with Gasteiger partial charge in [0.15, 0.2) is 5.82 Å². The van der Waals surface area contributed by atoms with Gasteiger partial charge in [-0.3, -0.25) is 5.10 Å². The van der Waals surface area contributed by atoms with Crippen molar-refractivity contribution >= 4 is 5.95 Å². The Labute approximate surface area is 110 Å². The lowest BCUT2D eigenvalue weighted by atomic mass is 10.2. The Bertz CT molecular complexity index is 568. The summed E-state index contributed by atoms with van der Waals surface area (Å²) in [4.78, 5) is 6.57. The van der Waals surface area contributed by atoms with E-state index < -0.39 is 0 Å². The molecule has 5 nitrogen and oxygen atoms in total. The van der Waals surface area contributed by atoms with E-state index in [1.54, 1.807) is 6.07 Å². The molecule has 2 heterocycles. The second kappa shape index (κ2) is 4.97. The molecule has 0 bridgehead atoms. The molecule has 0 amide bonds. The van der Waals surface area contributed by atoms with Crippen LogP contribution in [-0.4, -0.2) is 40.9 Å². The fourth-order valence-electron chi connectivity index (χ4n) is 2.27. The molecule has 1 atom stereocenters. The van der Waals surface area contributed by atoms with E-state index in [2.05, 4.69) is 32.3 Å². The van der Waals surface area contributed by atoms with Gasteiger partial charge in [0.05, 0.1) is 0 Å². The zero-order chi connectivity index (χ0) is 13.2. The first-order valence-corrected chi connectivity index (χ1v) is 6.39. The average molecular weight is 261 g/mol. The van der Waals surface area contributed by atoms with E-state index in [1.807, 2.05) is 6.07 Å². The monoisotopic (exact) mass is 261 g/mol. The number of nitrogens with one attached hydrogen (secondary N) is 2. The third kappa shape index (κ3) is 2.58. The Kier molecular flexibility index (Phi) is 3.16. The average Bonchev–Trinajstić information content (AvgIpc) is 2.88. The minimum absolute atomic E-state index is 0.272. The molecule has 3 rings (SSSR count). The van der Waals surface area contributed by atoms with Crippen LogP contribution in [-0.2, 0) is 0 Å². The summed E-state index contributed by atoms with van der Waals surface area (Å²) in [5.74, 6) is 1.000. The van der Waals surface area contributed by atoms with Gasteiger partial charge in [0.25, 0.3) is 0 Å². The van der Waals surface area contributed by atoms with Crippen molar-refractivity contribution < 1.29 is 4.39 Å². The lowest BCUT2D eigenvalue weighted by Gasteiger charge is -2.30. The van der Waals surface area contributed by atoms with Crippen molar-refractivity contribution in [2.24, 2.45) is 0 Å². The second-order valence-corrected chi connectivity index (χ2v) is 4.80. The highest BCUT2D eigenvalue weighted by Gasteiger charge is 2.19. The van der Waals surface area contributed by atoms with E-state index in [0.29, 0.717) is 23.4 Å². The van der Waals surface area contributed by atoms with Gasteiger partial charge in [-0.25, -0.2) is 4.39 Å². The molecule has 0 spiro atoms. The van der Waals surface area contributed by atoms with Gasteiger partial charge < -0.3 is 10.2 Å². The van der Waals surface area contributed by atoms with Gasteiger partial charge in [-0.15, -0.1) is 5.10 Å². The predicted octanol–water partition coefficient (Wildman–Crippen LogP) is 1.41. The Morgan fingerprint density at radius 1 is 1.42 bits per heavy atom. The predicted molar refractivity (Wildman–Crippen MR) is 71.5 cm³/mol. The molecule has 1 aromatic carbocycles. The maximum atomic E-state index is 13.2. The number of hydrogen-bond donors (Lipinski definition) is 2. The zero-order valence-electron chi connectivity index (χ0n) is 10.7. The quantitative estimate of drug-likeness (QED) is 0.858. The van der Waals surface area contributed by atoms with Crippen LogP contribution in [0.3, 0.4) is 0 Å². The molecule has 100 valence electrons. The van der Waals surface area contributed by atoms with Crippen LogP contribution in [0.15, 0.2) is 24.3 Å². The van der Waals surface area contributed by atoms with E-state index in [0.717, 1.165) is 19.6 Å². The normalized spacial score (nSPS) is 19.7. The van der Waals surface area contributed by atoms with Gasteiger partial charge in [-0.05, 0) is 19.1 Å². The van der Waals surface area contributed by atoms with Crippen molar-refractivity contribution in [3.63, 3.8) is 0 Å². The molecule has 0 saturated carbocycles. The number of aromatic nitrogens is 3. The molecule has 2 N–H and O–H groups in total. The van der Waals surface area contributed by atoms with E-state index in [1.165, 1.54) is 12.1 Å². The fourth-order valence-corrected chi connectivity index (χ4v) is 2.27. The van der Waals surface area contributed by atoms with Gasteiger partial charge in [0.1, 0.15) is 5.82 Å². The molecular formula is C13H16FN5. The Hall–Kier alpha value is -1.95. The summed E-state index contributed by atoms with van der Waals surface area (Å²) in [6.45, 7) is 4.81. The maximum absolute atomic E-state index is 13.2. The molecule has 6 heteroatoms. The lowest BCUT2D eigenvalue weighted by Crippen LogP contribution is -2.49. The molecule has 0 unspecified atom stereocenters. The molecule has 1 fully saturated rings. The largest absolute Gasteiger partial charge is 0.337 e. The third-order valence-corrected chi connectivity index (χ3v) is 3.22. The van der Waals surface area contributed by atoms with Crippen molar-refractivity contribution in [1.82, 2.24) is 20.5 Å². The van der Waals surface area contributed by atoms with Crippen molar-refractivity contribution in [2.45, 2.75) is 13.0 Å². The highest BCUT2D eigenvalue weighted by atomic mass is 19.1.